The number of carbonyl (C=O) groups is 1. The van der Waals surface area contributed by atoms with E-state index in [9.17, 15) is 4.79 Å². The number of amides is 1. The number of aromatic nitrogens is 1. The Morgan fingerprint density at radius 1 is 1.10 bits per heavy atom. The van der Waals surface area contributed by atoms with Crippen LogP contribution < -0.4 is 14.8 Å². The molecule has 2 heterocycles. The number of aromatic amines is 1. The molecular weight excluding hydrogens is 376 g/mol. The summed E-state index contributed by atoms with van der Waals surface area (Å²) < 4.78 is 10.9. The second-order valence-electron chi connectivity index (χ2n) is 9.45. The molecule has 0 radical (unpaired) electrons. The highest BCUT2D eigenvalue weighted by Crippen LogP contribution is 2.51. The highest BCUT2D eigenvalue weighted by molar-refractivity contribution is 6.03. The van der Waals surface area contributed by atoms with E-state index < -0.39 is 5.41 Å². The Labute approximate surface area is 176 Å². The Hall–Kier alpha value is -2.95. The Morgan fingerprint density at radius 3 is 2.57 bits per heavy atom. The molecule has 2 aromatic carbocycles. The van der Waals surface area contributed by atoms with Crippen molar-refractivity contribution in [2.45, 2.75) is 57.8 Å². The van der Waals surface area contributed by atoms with Gasteiger partial charge in [-0.05, 0) is 60.7 Å². The van der Waals surface area contributed by atoms with Crippen LogP contribution in [0.3, 0.4) is 0 Å². The number of benzene rings is 2. The van der Waals surface area contributed by atoms with Crippen molar-refractivity contribution in [2.75, 3.05) is 12.1 Å². The van der Waals surface area contributed by atoms with Gasteiger partial charge in [0.05, 0.1) is 5.41 Å². The van der Waals surface area contributed by atoms with Crippen molar-refractivity contribution in [2.24, 2.45) is 0 Å². The second-order valence-corrected chi connectivity index (χ2v) is 9.45. The van der Waals surface area contributed by atoms with Crippen molar-refractivity contribution in [1.82, 2.24) is 4.98 Å². The van der Waals surface area contributed by atoms with Crippen LogP contribution in [0.15, 0.2) is 36.4 Å². The number of hydrogen-bond donors (Lipinski definition) is 2. The van der Waals surface area contributed by atoms with Gasteiger partial charge in [-0.15, -0.1) is 0 Å². The van der Waals surface area contributed by atoms with Crippen molar-refractivity contribution in [3.8, 4) is 11.5 Å². The van der Waals surface area contributed by atoms with Crippen molar-refractivity contribution in [1.29, 1.82) is 0 Å². The molecule has 0 bridgehead atoms. The monoisotopic (exact) mass is 404 g/mol. The minimum Gasteiger partial charge on any atom is -0.454 e. The maximum absolute atomic E-state index is 13.3. The first-order chi connectivity index (χ1) is 14.3. The van der Waals surface area contributed by atoms with Crippen molar-refractivity contribution in [3.63, 3.8) is 0 Å². The largest absolute Gasteiger partial charge is 0.454 e. The molecule has 1 aliphatic carbocycles. The Kier molecular flexibility index (Phi) is 4.14. The van der Waals surface area contributed by atoms with Crippen LogP contribution in [0.1, 0.15) is 57.4 Å². The summed E-state index contributed by atoms with van der Waals surface area (Å²) in [4.78, 5) is 16.9. The summed E-state index contributed by atoms with van der Waals surface area (Å²) in [5.74, 6) is 1.52. The summed E-state index contributed by atoms with van der Waals surface area (Å²) in [5, 5.41) is 4.37. The summed E-state index contributed by atoms with van der Waals surface area (Å²) in [6.45, 7) is 9.10. The third kappa shape index (κ3) is 2.95. The summed E-state index contributed by atoms with van der Waals surface area (Å²) in [6.07, 6.45) is 2.64. The molecule has 0 unspecified atom stereocenters. The van der Waals surface area contributed by atoms with Gasteiger partial charge in [0, 0.05) is 27.7 Å². The van der Waals surface area contributed by atoms with Crippen molar-refractivity contribution < 1.29 is 14.3 Å². The summed E-state index contributed by atoms with van der Waals surface area (Å²) in [7, 11) is 0. The number of aryl methyl sites for hydroxylation is 1. The predicted molar refractivity (Wildman–Crippen MR) is 118 cm³/mol. The standard InChI is InChI=1S/C25H28N2O3/c1-5-17-18-13-16(7-8-19(18)27-22(17)24(2,3)4)26-23(28)25(10-11-25)15-6-9-20-21(12-15)30-14-29-20/h6-9,12-13,27H,5,10-11,14H2,1-4H3,(H,26,28). The first kappa shape index (κ1) is 19.0. The zero-order valence-corrected chi connectivity index (χ0v) is 18.0. The Balaban J connectivity index is 1.45. The molecule has 1 saturated carbocycles. The minimum atomic E-state index is -0.474. The van der Waals surface area contributed by atoms with Gasteiger partial charge in [-0.25, -0.2) is 0 Å². The normalized spacial score (nSPS) is 16.7. The summed E-state index contributed by atoms with van der Waals surface area (Å²) >= 11 is 0. The molecule has 1 aromatic heterocycles. The third-order valence-corrected chi connectivity index (χ3v) is 6.38. The molecule has 5 rings (SSSR count). The van der Waals surface area contributed by atoms with Gasteiger partial charge in [-0.2, -0.15) is 0 Å². The van der Waals surface area contributed by atoms with Crippen LogP contribution >= 0.6 is 0 Å². The highest BCUT2D eigenvalue weighted by Gasteiger charge is 2.51. The van der Waals surface area contributed by atoms with Crippen LogP contribution in [-0.4, -0.2) is 17.7 Å². The van der Waals surface area contributed by atoms with Gasteiger partial charge in [0.15, 0.2) is 11.5 Å². The maximum Gasteiger partial charge on any atom is 0.235 e. The molecule has 3 aromatic rings. The number of fused-ring (bicyclic) bond motifs is 2. The van der Waals surface area contributed by atoms with Gasteiger partial charge in [-0.1, -0.05) is 33.8 Å². The molecule has 1 amide bonds. The van der Waals surface area contributed by atoms with E-state index in [4.69, 9.17) is 9.47 Å². The van der Waals surface area contributed by atoms with Crippen LogP contribution in [-0.2, 0) is 22.0 Å². The van der Waals surface area contributed by atoms with Gasteiger partial charge in [0.2, 0.25) is 12.7 Å². The fraction of sp³-hybridized carbons (Fsp3) is 0.400. The molecule has 2 N–H and O–H groups in total. The third-order valence-electron chi connectivity index (χ3n) is 6.38. The molecule has 0 atom stereocenters. The molecule has 1 aliphatic heterocycles. The fourth-order valence-electron chi connectivity index (χ4n) is 4.55. The zero-order chi connectivity index (χ0) is 21.1. The van der Waals surface area contributed by atoms with E-state index in [0.717, 1.165) is 47.5 Å². The Morgan fingerprint density at radius 2 is 1.87 bits per heavy atom. The highest BCUT2D eigenvalue weighted by atomic mass is 16.7. The number of rotatable bonds is 4. The van der Waals surface area contributed by atoms with E-state index in [1.807, 2.05) is 24.3 Å². The number of anilines is 1. The van der Waals surface area contributed by atoms with Crippen LogP contribution in [0.5, 0.6) is 11.5 Å². The quantitative estimate of drug-likeness (QED) is 0.610. The SMILES string of the molecule is CCc1c(C(C)(C)C)[nH]c2ccc(NC(=O)C3(c4ccc5c(c4)OCO5)CC3)cc12. The van der Waals surface area contributed by atoms with E-state index in [-0.39, 0.29) is 18.1 Å². The first-order valence-electron chi connectivity index (χ1n) is 10.7. The van der Waals surface area contributed by atoms with Crippen LogP contribution in [0.25, 0.3) is 10.9 Å². The number of H-pyrrole nitrogens is 1. The minimum absolute atomic E-state index is 0.0466. The van der Waals surface area contributed by atoms with Crippen LogP contribution in [0.2, 0.25) is 0 Å². The van der Waals surface area contributed by atoms with Gasteiger partial charge in [0.1, 0.15) is 0 Å². The van der Waals surface area contributed by atoms with Gasteiger partial charge in [-0.3, -0.25) is 4.79 Å². The average Bonchev–Trinajstić information content (AvgIpc) is 3.24. The Bertz CT molecular complexity index is 1150. The van der Waals surface area contributed by atoms with E-state index in [1.165, 1.54) is 16.6 Å². The van der Waals surface area contributed by atoms with Crippen molar-refractivity contribution in [3.05, 3.63) is 53.2 Å². The van der Waals surface area contributed by atoms with E-state index in [1.54, 1.807) is 0 Å². The molecule has 5 nitrogen and oxygen atoms in total. The van der Waals surface area contributed by atoms with E-state index in [2.05, 4.69) is 50.1 Å². The van der Waals surface area contributed by atoms with E-state index in [0.29, 0.717) is 0 Å². The number of nitrogens with one attached hydrogen (secondary N) is 2. The average molecular weight is 405 g/mol. The predicted octanol–water partition coefficient (Wildman–Crippen LogP) is 5.43. The smallest absolute Gasteiger partial charge is 0.235 e. The molecule has 2 aliphatic rings. The molecule has 30 heavy (non-hydrogen) atoms. The molecule has 0 saturated heterocycles. The topological polar surface area (TPSA) is 63.4 Å². The summed E-state index contributed by atoms with van der Waals surface area (Å²) in [6, 6.07) is 12.0. The zero-order valence-electron chi connectivity index (χ0n) is 18.0. The number of ether oxygens (including phenoxy) is 2. The number of carbonyl (C=O) groups excluding carboxylic acids is 1. The summed E-state index contributed by atoms with van der Waals surface area (Å²) in [5.41, 5.74) is 5.12. The first-order valence-corrected chi connectivity index (χ1v) is 10.7. The fourth-order valence-corrected chi connectivity index (χ4v) is 4.55. The van der Waals surface area contributed by atoms with Crippen LogP contribution in [0, 0.1) is 0 Å². The van der Waals surface area contributed by atoms with Gasteiger partial charge < -0.3 is 19.8 Å². The lowest BCUT2D eigenvalue weighted by Gasteiger charge is -2.19. The van der Waals surface area contributed by atoms with Crippen molar-refractivity contribution >= 4 is 22.5 Å². The number of hydrogen-bond acceptors (Lipinski definition) is 3. The lowest BCUT2D eigenvalue weighted by atomic mass is 9.88. The lowest BCUT2D eigenvalue weighted by Crippen LogP contribution is -2.27. The van der Waals surface area contributed by atoms with Gasteiger partial charge >= 0.3 is 0 Å². The molecule has 156 valence electrons. The van der Waals surface area contributed by atoms with E-state index >= 15 is 0 Å². The second kappa shape index (κ2) is 6.53. The molecule has 5 heteroatoms. The molecule has 0 spiro atoms. The van der Waals surface area contributed by atoms with Crippen LogP contribution in [0.4, 0.5) is 5.69 Å². The maximum atomic E-state index is 13.3. The van der Waals surface area contributed by atoms with Gasteiger partial charge in [0.25, 0.3) is 0 Å². The molecule has 1 fully saturated rings. The lowest BCUT2D eigenvalue weighted by molar-refractivity contribution is -0.118. The molecular formula is C25H28N2O3.